The summed E-state index contributed by atoms with van der Waals surface area (Å²) in [6, 6.07) is 8.73. The number of rotatable bonds is 5. The molecule has 0 saturated heterocycles. The summed E-state index contributed by atoms with van der Waals surface area (Å²) in [6.07, 6.45) is 3.28. The van der Waals surface area contributed by atoms with Crippen molar-refractivity contribution >= 4 is 24.0 Å². The second kappa shape index (κ2) is 6.39. The van der Waals surface area contributed by atoms with Crippen LogP contribution in [0.2, 0.25) is 0 Å². The molecule has 0 fully saturated rings. The summed E-state index contributed by atoms with van der Waals surface area (Å²) in [5, 5.41) is 1.13. The Morgan fingerprint density at radius 3 is 2.44 bits per heavy atom. The molecule has 0 bridgehead atoms. The molecule has 0 aliphatic heterocycles. The second-order valence-electron chi connectivity index (χ2n) is 4.35. The number of aryl methyl sites for hydroxylation is 2. The molecule has 0 unspecified atom stereocenters. The van der Waals surface area contributed by atoms with Gasteiger partial charge in [0.15, 0.2) is 0 Å². The lowest BCUT2D eigenvalue weighted by Crippen LogP contribution is -1.88. The first-order valence-electron chi connectivity index (χ1n) is 6.47. The van der Waals surface area contributed by atoms with E-state index in [4.69, 9.17) is 4.98 Å². The van der Waals surface area contributed by atoms with Gasteiger partial charge in [0.2, 0.25) is 0 Å². The van der Waals surface area contributed by atoms with E-state index in [-0.39, 0.29) is 0 Å². The average Bonchev–Trinajstić information content (AvgIpc) is 2.82. The van der Waals surface area contributed by atoms with Gasteiger partial charge in [0.25, 0.3) is 0 Å². The highest BCUT2D eigenvalue weighted by atomic mass is 32.1. The van der Waals surface area contributed by atoms with Gasteiger partial charge in [-0.15, -0.1) is 11.3 Å². The molecular formula is C15H19NS2. The van der Waals surface area contributed by atoms with Crippen molar-refractivity contribution in [3.8, 4) is 10.6 Å². The molecule has 0 aliphatic carbocycles. The van der Waals surface area contributed by atoms with Crippen molar-refractivity contribution in [2.75, 3.05) is 0 Å². The van der Waals surface area contributed by atoms with Gasteiger partial charge in [-0.25, -0.2) is 4.98 Å². The molecule has 0 radical (unpaired) electrons. The van der Waals surface area contributed by atoms with Crippen LogP contribution in [0.5, 0.6) is 0 Å². The van der Waals surface area contributed by atoms with Gasteiger partial charge in [-0.2, -0.15) is 12.6 Å². The number of nitrogens with zero attached hydrogens (tertiary/aromatic N) is 1. The van der Waals surface area contributed by atoms with Crippen molar-refractivity contribution in [3.05, 3.63) is 40.4 Å². The Bertz CT molecular complexity index is 500. The van der Waals surface area contributed by atoms with Crippen LogP contribution >= 0.6 is 24.0 Å². The molecule has 1 aromatic carbocycles. The molecule has 96 valence electrons. The zero-order valence-electron chi connectivity index (χ0n) is 10.9. The van der Waals surface area contributed by atoms with E-state index >= 15 is 0 Å². The zero-order valence-corrected chi connectivity index (χ0v) is 12.7. The fraction of sp³-hybridized carbons (Fsp3) is 0.400. The van der Waals surface area contributed by atoms with Crippen LogP contribution in [0.4, 0.5) is 0 Å². The lowest BCUT2D eigenvalue weighted by atomic mass is 10.1. The molecule has 18 heavy (non-hydrogen) atoms. The van der Waals surface area contributed by atoms with Crippen molar-refractivity contribution in [1.82, 2.24) is 4.98 Å². The lowest BCUT2D eigenvalue weighted by Gasteiger charge is -1.98. The minimum Gasteiger partial charge on any atom is -0.241 e. The number of aromatic nitrogens is 1. The molecule has 0 atom stereocenters. The fourth-order valence-electron chi connectivity index (χ4n) is 1.95. The number of benzene rings is 1. The molecule has 0 saturated carbocycles. The van der Waals surface area contributed by atoms with E-state index in [1.54, 1.807) is 11.3 Å². The maximum Gasteiger partial charge on any atom is 0.123 e. The summed E-state index contributed by atoms with van der Waals surface area (Å²) < 4.78 is 0. The van der Waals surface area contributed by atoms with E-state index in [9.17, 15) is 0 Å². The second-order valence-corrected chi connectivity index (χ2v) is 5.75. The van der Waals surface area contributed by atoms with Crippen LogP contribution in [-0.2, 0) is 18.6 Å². The predicted octanol–water partition coefficient (Wildman–Crippen LogP) is 4.75. The van der Waals surface area contributed by atoms with E-state index in [1.165, 1.54) is 21.7 Å². The smallest absolute Gasteiger partial charge is 0.123 e. The Labute approximate surface area is 119 Å². The van der Waals surface area contributed by atoms with Crippen LogP contribution in [0.15, 0.2) is 24.3 Å². The molecule has 2 aromatic rings. The summed E-state index contributed by atoms with van der Waals surface area (Å²) in [6.45, 7) is 4.37. The van der Waals surface area contributed by atoms with Crippen LogP contribution in [-0.4, -0.2) is 4.98 Å². The van der Waals surface area contributed by atoms with Gasteiger partial charge in [0.05, 0.1) is 5.69 Å². The monoisotopic (exact) mass is 277 g/mol. The summed E-state index contributed by atoms with van der Waals surface area (Å²) in [4.78, 5) is 6.08. The summed E-state index contributed by atoms with van der Waals surface area (Å²) in [7, 11) is 0. The lowest BCUT2D eigenvalue weighted by molar-refractivity contribution is 0.884. The fourth-order valence-corrected chi connectivity index (χ4v) is 3.29. The normalized spacial score (nSPS) is 10.8. The molecule has 0 amide bonds. The van der Waals surface area contributed by atoms with Crippen molar-refractivity contribution in [2.24, 2.45) is 0 Å². The summed E-state index contributed by atoms with van der Waals surface area (Å²) >= 11 is 6.18. The van der Waals surface area contributed by atoms with Crippen LogP contribution in [0.3, 0.4) is 0 Å². The third-order valence-electron chi connectivity index (χ3n) is 3.02. The molecule has 1 aromatic heterocycles. The number of hydrogen-bond donors (Lipinski definition) is 1. The van der Waals surface area contributed by atoms with Gasteiger partial charge in [0.1, 0.15) is 5.01 Å². The Balaban J connectivity index is 2.31. The highest BCUT2D eigenvalue weighted by molar-refractivity contribution is 7.79. The maximum atomic E-state index is 4.77. The molecule has 0 aliphatic rings. The van der Waals surface area contributed by atoms with Gasteiger partial charge in [-0.3, -0.25) is 0 Å². The van der Waals surface area contributed by atoms with E-state index < -0.39 is 0 Å². The third-order valence-corrected chi connectivity index (χ3v) is 4.69. The predicted molar refractivity (Wildman–Crippen MR) is 83.6 cm³/mol. The largest absolute Gasteiger partial charge is 0.241 e. The average molecular weight is 277 g/mol. The first-order chi connectivity index (χ1) is 8.78. The number of hydrogen-bond acceptors (Lipinski definition) is 3. The van der Waals surface area contributed by atoms with E-state index in [0.717, 1.165) is 30.0 Å². The van der Waals surface area contributed by atoms with Gasteiger partial charge in [0, 0.05) is 16.2 Å². The first-order valence-corrected chi connectivity index (χ1v) is 7.92. The van der Waals surface area contributed by atoms with Crippen LogP contribution in [0.1, 0.15) is 36.4 Å². The minimum absolute atomic E-state index is 0.792. The van der Waals surface area contributed by atoms with Gasteiger partial charge >= 0.3 is 0 Å². The van der Waals surface area contributed by atoms with Gasteiger partial charge in [-0.1, -0.05) is 44.5 Å². The van der Waals surface area contributed by atoms with E-state index in [2.05, 4.69) is 50.7 Å². The molecule has 1 heterocycles. The topological polar surface area (TPSA) is 12.9 Å². The molecule has 2 rings (SSSR count). The van der Waals surface area contributed by atoms with E-state index in [1.807, 2.05) is 0 Å². The van der Waals surface area contributed by atoms with Gasteiger partial charge < -0.3 is 0 Å². The molecular weight excluding hydrogens is 258 g/mol. The number of thiol groups is 1. The van der Waals surface area contributed by atoms with E-state index in [0.29, 0.717) is 0 Å². The summed E-state index contributed by atoms with van der Waals surface area (Å²) in [5.41, 5.74) is 3.83. The Morgan fingerprint density at radius 1 is 1.17 bits per heavy atom. The summed E-state index contributed by atoms with van der Waals surface area (Å²) in [5.74, 6) is 0.792. The van der Waals surface area contributed by atoms with Gasteiger partial charge in [-0.05, 0) is 18.4 Å². The van der Waals surface area contributed by atoms with Crippen LogP contribution < -0.4 is 0 Å². The Morgan fingerprint density at radius 2 is 1.89 bits per heavy atom. The minimum atomic E-state index is 0.792. The number of thiazole rings is 1. The quantitative estimate of drug-likeness (QED) is 0.778. The molecule has 3 heteroatoms. The molecule has 1 nitrogen and oxygen atoms in total. The standard InChI is InChI=1S/C15H19NS2/c1-3-5-13-14(10-17)18-15(16-13)12-8-6-11(4-2)7-9-12/h6-9,17H,3-5,10H2,1-2H3. The van der Waals surface area contributed by atoms with Crippen molar-refractivity contribution < 1.29 is 0 Å². The van der Waals surface area contributed by atoms with Crippen LogP contribution in [0.25, 0.3) is 10.6 Å². The Kier molecular flexibility index (Phi) is 4.84. The SMILES string of the molecule is CCCc1nc(-c2ccc(CC)cc2)sc1CS. The first kappa shape index (κ1) is 13.6. The van der Waals surface area contributed by atoms with Crippen LogP contribution in [0, 0.1) is 0 Å². The highest BCUT2D eigenvalue weighted by Gasteiger charge is 2.10. The third kappa shape index (κ3) is 2.96. The highest BCUT2D eigenvalue weighted by Crippen LogP contribution is 2.30. The Hall–Kier alpha value is -0.800. The maximum absolute atomic E-state index is 4.77. The van der Waals surface area contributed by atoms with Crippen molar-refractivity contribution in [3.63, 3.8) is 0 Å². The molecule has 0 spiro atoms. The molecule has 0 N–H and O–H groups in total. The zero-order chi connectivity index (χ0) is 13.0. The van der Waals surface area contributed by atoms with Crippen molar-refractivity contribution in [1.29, 1.82) is 0 Å². The van der Waals surface area contributed by atoms with Crippen molar-refractivity contribution in [2.45, 2.75) is 38.9 Å².